The number of hydrogen-bond acceptors (Lipinski definition) is 0. The van der Waals surface area contributed by atoms with Gasteiger partial charge in [0.25, 0.3) is 0 Å². The van der Waals surface area contributed by atoms with Crippen LogP contribution in [-0.4, -0.2) is 0 Å². The summed E-state index contributed by atoms with van der Waals surface area (Å²) in [5.74, 6) is 0. The van der Waals surface area contributed by atoms with Gasteiger partial charge in [0, 0.05) is 0 Å². The monoisotopic (exact) mass is 177 g/mol. The van der Waals surface area contributed by atoms with Gasteiger partial charge in [-0.05, 0) is 51.3 Å². The minimum absolute atomic E-state index is 0.943. The maximum absolute atomic E-state index is 11.9. The fourth-order valence-corrected chi connectivity index (χ4v) is 2.13. The van der Waals surface area contributed by atoms with Crippen LogP contribution in [0.25, 0.3) is 0 Å². The van der Waals surface area contributed by atoms with Crippen LogP contribution in [0.3, 0.4) is 0 Å². The fourth-order valence-electron chi connectivity index (χ4n) is 2.13. The molecule has 1 nitrogen and oxygen atoms in total. The Labute approximate surface area is 80.4 Å². The maximum Gasteiger partial charge on any atom is 0.123 e. The molecular weight excluding hydrogens is 160 g/mol. The van der Waals surface area contributed by atoms with Crippen LogP contribution >= 0.6 is 0 Å². The largest absolute Gasteiger partial charge is 0.225 e. The van der Waals surface area contributed by atoms with Gasteiger partial charge in [0.05, 0.1) is 0 Å². The summed E-state index contributed by atoms with van der Waals surface area (Å²) in [5.41, 5.74) is 3.40. The lowest BCUT2D eigenvalue weighted by molar-refractivity contribution is -0.00114. The standard InChI is InChI=1S/C12H17O/c1-8-6-9(2)11(10(3)7-8)12(4,5)13/h6-7H,1-5H3. The van der Waals surface area contributed by atoms with Gasteiger partial charge in [-0.3, -0.25) is 0 Å². The highest BCUT2D eigenvalue weighted by Crippen LogP contribution is 2.28. The first kappa shape index (κ1) is 10.3. The molecule has 13 heavy (non-hydrogen) atoms. The zero-order valence-electron chi connectivity index (χ0n) is 9.06. The maximum atomic E-state index is 11.9. The molecule has 0 saturated carbocycles. The molecule has 0 aliphatic rings. The van der Waals surface area contributed by atoms with Gasteiger partial charge in [0.2, 0.25) is 0 Å². The minimum Gasteiger partial charge on any atom is -0.225 e. The molecule has 0 aliphatic carbocycles. The van der Waals surface area contributed by atoms with Gasteiger partial charge in [0.1, 0.15) is 5.60 Å². The molecule has 0 atom stereocenters. The average Bonchev–Trinajstić information content (AvgIpc) is 1.78. The summed E-state index contributed by atoms with van der Waals surface area (Å²) in [5, 5.41) is 11.9. The lowest BCUT2D eigenvalue weighted by Crippen LogP contribution is -2.17. The predicted octanol–water partition coefficient (Wildman–Crippen LogP) is 3.28. The van der Waals surface area contributed by atoms with E-state index in [9.17, 15) is 5.11 Å². The Hall–Kier alpha value is -0.820. The van der Waals surface area contributed by atoms with Gasteiger partial charge >= 0.3 is 0 Å². The van der Waals surface area contributed by atoms with Crippen molar-refractivity contribution in [3.63, 3.8) is 0 Å². The van der Waals surface area contributed by atoms with Gasteiger partial charge < -0.3 is 0 Å². The van der Waals surface area contributed by atoms with Crippen molar-refractivity contribution >= 4 is 0 Å². The molecule has 0 bridgehead atoms. The van der Waals surface area contributed by atoms with E-state index in [4.69, 9.17) is 0 Å². The van der Waals surface area contributed by atoms with Crippen molar-refractivity contribution in [2.45, 2.75) is 40.2 Å². The number of rotatable bonds is 1. The molecule has 0 spiro atoms. The van der Waals surface area contributed by atoms with E-state index in [0.29, 0.717) is 0 Å². The van der Waals surface area contributed by atoms with Crippen LogP contribution in [0.4, 0.5) is 0 Å². The molecule has 1 radical (unpaired) electrons. The average molecular weight is 177 g/mol. The number of benzene rings is 1. The highest BCUT2D eigenvalue weighted by molar-refractivity contribution is 5.40. The molecule has 0 amide bonds. The van der Waals surface area contributed by atoms with Crippen molar-refractivity contribution in [3.05, 3.63) is 34.4 Å². The number of hydrogen-bond donors (Lipinski definition) is 0. The second-order valence-corrected chi connectivity index (χ2v) is 4.28. The van der Waals surface area contributed by atoms with Gasteiger partial charge in [-0.1, -0.05) is 17.7 Å². The molecule has 0 N–H and O–H groups in total. The van der Waals surface area contributed by atoms with Crippen LogP contribution in [0, 0.1) is 20.8 Å². The van der Waals surface area contributed by atoms with Crippen molar-refractivity contribution in [3.8, 4) is 0 Å². The molecule has 0 heterocycles. The summed E-state index contributed by atoms with van der Waals surface area (Å²) in [7, 11) is 0. The molecule has 0 aromatic heterocycles. The third-order valence-electron chi connectivity index (χ3n) is 2.28. The van der Waals surface area contributed by atoms with Crippen molar-refractivity contribution in [2.24, 2.45) is 0 Å². The first-order chi connectivity index (χ1) is 5.82. The van der Waals surface area contributed by atoms with E-state index in [0.717, 1.165) is 16.7 Å². The Kier molecular flexibility index (Phi) is 2.49. The third kappa shape index (κ3) is 2.10. The highest BCUT2D eigenvalue weighted by Gasteiger charge is 2.22. The minimum atomic E-state index is -0.984. The summed E-state index contributed by atoms with van der Waals surface area (Å²) in [6, 6.07) is 4.14. The van der Waals surface area contributed by atoms with E-state index in [1.54, 1.807) is 13.8 Å². The van der Waals surface area contributed by atoms with E-state index in [1.807, 2.05) is 13.8 Å². The Morgan fingerprint density at radius 2 is 1.38 bits per heavy atom. The highest BCUT2D eigenvalue weighted by atomic mass is 16.3. The molecule has 1 rings (SSSR count). The van der Waals surface area contributed by atoms with Crippen molar-refractivity contribution in [1.29, 1.82) is 0 Å². The number of aryl methyl sites for hydroxylation is 3. The molecule has 71 valence electrons. The van der Waals surface area contributed by atoms with Crippen LogP contribution in [-0.2, 0) is 10.7 Å². The summed E-state index contributed by atoms with van der Waals surface area (Å²) in [6.07, 6.45) is 0. The van der Waals surface area contributed by atoms with Crippen molar-refractivity contribution in [1.82, 2.24) is 0 Å². The Morgan fingerprint density at radius 3 is 1.69 bits per heavy atom. The molecule has 1 aromatic rings. The van der Waals surface area contributed by atoms with Gasteiger partial charge in [0.15, 0.2) is 0 Å². The van der Waals surface area contributed by atoms with E-state index < -0.39 is 5.60 Å². The summed E-state index contributed by atoms with van der Waals surface area (Å²) in [4.78, 5) is 0. The second-order valence-electron chi connectivity index (χ2n) is 4.28. The molecule has 0 aliphatic heterocycles. The van der Waals surface area contributed by atoms with Crippen LogP contribution in [0.2, 0.25) is 0 Å². The van der Waals surface area contributed by atoms with Gasteiger partial charge in [-0.25, -0.2) is 5.11 Å². The normalized spacial score (nSPS) is 11.8. The van der Waals surface area contributed by atoms with Crippen LogP contribution in [0.5, 0.6) is 0 Å². The molecule has 1 heteroatoms. The molecule has 1 aromatic carbocycles. The van der Waals surface area contributed by atoms with Gasteiger partial charge in [-0.15, -0.1) is 0 Å². The van der Waals surface area contributed by atoms with Crippen LogP contribution in [0.1, 0.15) is 36.1 Å². The van der Waals surface area contributed by atoms with Crippen molar-refractivity contribution < 1.29 is 5.11 Å². The summed E-state index contributed by atoms with van der Waals surface area (Å²) >= 11 is 0. The van der Waals surface area contributed by atoms with Crippen LogP contribution in [0.15, 0.2) is 12.1 Å². The van der Waals surface area contributed by atoms with E-state index >= 15 is 0 Å². The Balaban J connectivity index is 3.38. The lowest BCUT2D eigenvalue weighted by Gasteiger charge is -2.21. The fraction of sp³-hybridized carbons (Fsp3) is 0.500. The molecule has 0 saturated heterocycles. The predicted molar refractivity (Wildman–Crippen MR) is 54.4 cm³/mol. The molecular formula is C12H17O. The van der Waals surface area contributed by atoms with E-state index in [-0.39, 0.29) is 0 Å². The van der Waals surface area contributed by atoms with Crippen molar-refractivity contribution in [2.75, 3.05) is 0 Å². The smallest absolute Gasteiger partial charge is 0.123 e. The molecule has 0 unspecified atom stereocenters. The summed E-state index contributed by atoms with van der Waals surface area (Å²) in [6.45, 7) is 9.51. The quantitative estimate of drug-likeness (QED) is 0.627. The SMILES string of the molecule is Cc1cc(C)c(C(C)(C)[O])c(C)c1. The Morgan fingerprint density at radius 1 is 1.00 bits per heavy atom. The first-order valence-electron chi connectivity index (χ1n) is 4.61. The lowest BCUT2D eigenvalue weighted by atomic mass is 9.88. The zero-order chi connectivity index (χ0) is 10.2. The van der Waals surface area contributed by atoms with E-state index in [1.165, 1.54) is 5.56 Å². The third-order valence-corrected chi connectivity index (χ3v) is 2.28. The Bertz CT molecular complexity index is 295. The van der Waals surface area contributed by atoms with Gasteiger partial charge in [-0.2, -0.15) is 0 Å². The molecule has 0 fully saturated rings. The zero-order valence-corrected chi connectivity index (χ0v) is 9.06. The van der Waals surface area contributed by atoms with E-state index in [2.05, 4.69) is 19.1 Å². The summed E-state index contributed by atoms with van der Waals surface area (Å²) < 4.78 is 0. The topological polar surface area (TPSA) is 19.9 Å². The second kappa shape index (κ2) is 3.15. The first-order valence-corrected chi connectivity index (χ1v) is 4.61. The van der Waals surface area contributed by atoms with Crippen LogP contribution < -0.4 is 0 Å².